The summed E-state index contributed by atoms with van der Waals surface area (Å²) in [6.45, 7) is 1.27. The van der Waals surface area contributed by atoms with Gasteiger partial charge in [-0.2, -0.15) is 18.3 Å². The van der Waals surface area contributed by atoms with Crippen LogP contribution >= 0.6 is 0 Å². The molecular formula is C19H22F3N3O. The number of halogens is 3. The van der Waals surface area contributed by atoms with E-state index >= 15 is 0 Å². The Hall–Kier alpha value is -2.31. The van der Waals surface area contributed by atoms with Crippen molar-refractivity contribution >= 4 is 5.91 Å². The Labute approximate surface area is 150 Å². The lowest BCUT2D eigenvalue weighted by Gasteiger charge is -2.32. The van der Waals surface area contributed by atoms with E-state index in [1.54, 1.807) is 41.2 Å². The van der Waals surface area contributed by atoms with Gasteiger partial charge in [0.15, 0.2) is 0 Å². The van der Waals surface area contributed by atoms with E-state index in [0.717, 1.165) is 18.9 Å². The lowest BCUT2D eigenvalue weighted by Crippen LogP contribution is -2.40. The van der Waals surface area contributed by atoms with Crippen LogP contribution < -0.4 is 0 Å². The van der Waals surface area contributed by atoms with Crippen LogP contribution in [0.25, 0.3) is 0 Å². The van der Waals surface area contributed by atoms with Gasteiger partial charge in [0.1, 0.15) is 0 Å². The molecule has 26 heavy (non-hydrogen) atoms. The van der Waals surface area contributed by atoms with Crippen LogP contribution in [0.15, 0.2) is 36.7 Å². The normalized spacial score (nSPS) is 18.2. The predicted molar refractivity (Wildman–Crippen MR) is 91.6 cm³/mol. The van der Waals surface area contributed by atoms with Crippen LogP contribution in [0.4, 0.5) is 13.2 Å². The molecule has 0 spiro atoms. The van der Waals surface area contributed by atoms with E-state index in [4.69, 9.17) is 0 Å². The van der Waals surface area contributed by atoms with Gasteiger partial charge in [-0.15, -0.1) is 0 Å². The number of likely N-dealkylation sites (tertiary alicyclic amines) is 1. The van der Waals surface area contributed by atoms with Crippen molar-refractivity contribution in [3.63, 3.8) is 0 Å². The van der Waals surface area contributed by atoms with E-state index < -0.39 is 11.7 Å². The number of nitrogens with zero attached hydrogens (tertiary/aromatic N) is 3. The monoisotopic (exact) mass is 365 g/mol. The number of aryl methyl sites for hydroxylation is 2. The molecule has 0 bridgehead atoms. The Morgan fingerprint density at radius 1 is 1.31 bits per heavy atom. The van der Waals surface area contributed by atoms with Crippen molar-refractivity contribution in [3.8, 4) is 0 Å². The molecule has 1 aromatic carbocycles. The minimum absolute atomic E-state index is 0.0570. The molecule has 0 aliphatic carbocycles. The molecule has 140 valence electrons. The average Bonchev–Trinajstić information content (AvgIpc) is 3.05. The van der Waals surface area contributed by atoms with Crippen molar-refractivity contribution in [1.29, 1.82) is 0 Å². The smallest absolute Gasteiger partial charge is 0.338 e. The molecule has 2 aromatic rings. The van der Waals surface area contributed by atoms with Crippen molar-refractivity contribution < 1.29 is 18.0 Å². The summed E-state index contributed by atoms with van der Waals surface area (Å²) in [6.07, 6.45) is 1.73. The molecule has 1 unspecified atom stereocenters. The fourth-order valence-corrected chi connectivity index (χ4v) is 3.57. The number of carbonyl (C=O) groups excluding carboxylic acids is 1. The summed E-state index contributed by atoms with van der Waals surface area (Å²) in [4.78, 5) is 14.3. The number of benzene rings is 1. The third-order valence-electron chi connectivity index (χ3n) is 4.90. The Bertz CT molecular complexity index is 769. The van der Waals surface area contributed by atoms with E-state index in [-0.39, 0.29) is 11.8 Å². The van der Waals surface area contributed by atoms with Crippen LogP contribution in [-0.2, 0) is 19.6 Å². The van der Waals surface area contributed by atoms with Crippen LogP contribution in [0, 0.1) is 5.92 Å². The van der Waals surface area contributed by atoms with E-state index in [1.807, 2.05) is 0 Å². The van der Waals surface area contributed by atoms with E-state index in [0.29, 0.717) is 37.1 Å². The summed E-state index contributed by atoms with van der Waals surface area (Å²) in [5, 5.41) is 4.02. The molecule has 1 fully saturated rings. The summed E-state index contributed by atoms with van der Waals surface area (Å²) in [5.41, 5.74) is 0.324. The Morgan fingerprint density at radius 3 is 2.77 bits per heavy atom. The zero-order valence-corrected chi connectivity index (χ0v) is 14.7. The number of aromatic nitrogens is 2. The average molecular weight is 365 g/mol. The highest BCUT2D eigenvalue weighted by Crippen LogP contribution is 2.33. The van der Waals surface area contributed by atoms with Crippen molar-refractivity contribution in [2.45, 2.75) is 31.9 Å². The summed E-state index contributed by atoms with van der Waals surface area (Å²) in [6, 6.07) is 5.74. The van der Waals surface area contributed by atoms with Gasteiger partial charge in [-0.25, -0.2) is 0 Å². The van der Waals surface area contributed by atoms with Gasteiger partial charge < -0.3 is 4.90 Å². The second-order valence-electron chi connectivity index (χ2n) is 6.86. The number of alkyl halides is 3. The third kappa shape index (κ3) is 4.26. The molecule has 1 aliphatic heterocycles. The van der Waals surface area contributed by atoms with Gasteiger partial charge in [0.2, 0.25) is 0 Å². The lowest BCUT2D eigenvalue weighted by atomic mass is 9.90. The van der Waals surface area contributed by atoms with Crippen LogP contribution in [0.3, 0.4) is 0 Å². The van der Waals surface area contributed by atoms with Crippen molar-refractivity contribution in [1.82, 2.24) is 14.7 Å². The molecule has 1 atom stereocenters. The largest absolute Gasteiger partial charge is 0.416 e. The number of carbonyl (C=O) groups is 1. The Kier molecular flexibility index (Phi) is 5.34. The van der Waals surface area contributed by atoms with Crippen LogP contribution in [-0.4, -0.2) is 33.7 Å². The first kappa shape index (κ1) is 18.5. The molecule has 1 saturated heterocycles. The molecular weight excluding hydrogens is 343 g/mol. The maximum Gasteiger partial charge on any atom is 0.416 e. The SMILES string of the molecule is Cn1cc(C(=O)N2CCCC(CCc3ccccc3C(F)(F)F)C2)cn1. The van der Waals surface area contributed by atoms with Gasteiger partial charge >= 0.3 is 6.18 Å². The standard InChI is InChI=1S/C19H22F3N3O/c1-24-13-16(11-23-24)18(26)25-10-4-5-14(12-25)8-9-15-6-2-3-7-17(15)19(20,21)22/h2-3,6-7,11,13-14H,4-5,8-10,12H2,1H3. The lowest BCUT2D eigenvalue weighted by molar-refractivity contribution is -0.138. The third-order valence-corrected chi connectivity index (χ3v) is 4.90. The van der Waals surface area contributed by atoms with E-state index in [2.05, 4.69) is 5.10 Å². The molecule has 1 amide bonds. The zero-order chi connectivity index (χ0) is 18.7. The van der Waals surface area contributed by atoms with Crippen molar-refractivity contribution in [3.05, 3.63) is 53.3 Å². The molecule has 7 heteroatoms. The van der Waals surface area contributed by atoms with Gasteiger partial charge in [0.25, 0.3) is 5.91 Å². The van der Waals surface area contributed by atoms with E-state index in [9.17, 15) is 18.0 Å². The molecule has 1 aromatic heterocycles. The Balaban J connectivity index is 1.62. The van der Waals surface area contributed by atoms with Gasteiger partial charge in [0.05, 0.1) is 17.3 Å². The summed E-state index contributed by atoms with van der Waals surface area (Å²) >= 11 is 0. The number of rotatable bonds is 4. The molecule has 0 saturated carbocycles. The summed E-state index contributed by atoms with van der Waals surface area (Å²) in [7, 11) is 1.76. The van der Waals surface area contributed by atoms with Crippen molar-refractivity contribution in [2.24, 2.45) is 13.0 Å². The van der Waals surface area contributed by atoms with Gasteiger partial charge in [-0.1, -0.05) is 18.2 Å². The highest BCUT2D eigenvalue weighted by Gasteiger charge is 2.33. The molecule has 3 rings (SSSR count). The van der Waals surface area contributed by atoms with Crippen LogP contribution in [0.2, 0.25) is 0 Å². The fourth-order valence-electron chi connectivity index (χ4n) is 3.57. The van der Waals surface area contributed by atoms with Gasteiger partial charge in [0, 0.05) is 26.3 Å². The fraction of sp³-hybridized carbons (Fsp3) is 0.474. The van der Waals surface area contributed by atoms with Gasteiger partial charge in [-0.3, -0.25) is 9.48 Å². The second-order valence-corrected chi connectivity index (χ2v) is 6.86. The quantitative estimate of drug-likeness (QED) is 0.824. The van der Waals surface area contributed by atoms with Crippen molar-refractivity contribution in [2.75, 3.05) is 13.1 Å². The number of hydrogen-bond donors (Lipinski definition) is 0. The molecule has 1 aliphatic rings. The topological polar surface area (TPSA) is 38.1 Å². The maximum absolute atomic E-state index is 13.1. The minimum Gasteiger partial charge on any atom is -0.338 e. The number of piperidine rings is 1. The highest BCUT2D eigenvalue weighted by atomic mass is 19.4. The molecule has 0 radical (unpaired) electrons. The maximum atomic E-state index is 13.1. The molecule has 4 nitrogen and oxygen atoms in total. The number of amides is 1. The Morgan fingerprint density at radius 2 is 2.08 bits per heavy atom. The van der Waals surface area contributed by atoms with E-state index in [1.165, 1.54) is 6.07 Å². The van der Waals surface area contributed by atoms with Crippen LogP contribution in [0.1, 0.15) is 40.7 Å². The van der Waals surface area contributed by atoms with Gasteiger partial charge in [-0.05, 0) is 43.2 Å². The highest BCUT2D eigenvalue weighted by molar-refractivity contribution is 5.93. The summed E-state index contributed by atoms with van der Waals surface area (Å²) < 4.78 is 40.9. The summed E-state index contributed by atoms with van der Waals surface area (Å²) in [5.74, 6) is 0.157. The number of hydrogen-bond acceptors (Lipinski definition) is 2. The first-order valence-corrected chi connectivity index (χ1v) is 8.77. The first-order valence-electron chi connectivity index (χ1n) is 8.77. The zero-order valence-electron chi connectivity index (χ0n) is 14.7. The second kappa shape index (κ2) is 7.51. The first-order chi connectivity index (χ1) is 12.3. The minimum atomic E-state index is -4.33. The predicted octanol–water partition coefficient (Wildman–Crippen LogP) is 3.92. The van der Waals surface area contributed by atoms with Crippen LogP contribution in [0.5, 0.6) is 0 Å². The molecule has 0 N–H and O–H groups in total. The molecule has 2 heterocycles.